The third kappa shape index (κ3) is 4.74. The van der Waals surface area contributed by atoms with Crippen LogP contribution in [0, 0.1) is 0 Å². The van der Waals surface area contributed by atoms with Crippen LogP contribution in [-0.4, -0.2) is 29.7 Å². The van der Waals surface area contributed by atoms with Gasteiger partial charge in [0.25, 0.3) is 0 Å². The Morgan fingerprint density at radius 2 is 1.80 bits per heavy atom. The molecule has 84 valence electrons. The average Bonchev–Trinajstić information content (AvgIpc) is 2.18. The van der Waals surface area contributed by atoms with Crippen LogP contribution in [-0.2, 0) is 6.54 Å². The summed E-state index contributed by atoms with van der Waals surface area (Å²) in [7, 11) is 0. The van der Waals surface area contributed by atoms with Gasteiger partial charge < -0.3 is 5.73 Å². The van der Waals surface area contributed by atoms with E-state index < -0.39 is 0 Å². The molecule has 0 radical (unpaired) electrons. The van der Waals surface area contributed by atoms with E-state index in [0.717, 1.165) is 25.3 Å². The topological polar surface area (TPSA) is 29.3 Å². The van der Waals surface area contributed by atoms with Crippen molar-refractivity contribution in [3.8, 4) is 0 Å². The van der Waals surface area contributed by atoms with Crippen molar-refractivity contribution in [3.05, 3.63) is 29.8 Å². The van der Waals surface area contributed by atoms with Gasteiger partial charge in [-0.1, -0.05) is 12.1 Å². The highest BCUT2D eigenvalue weighted by molar-refractivity contribution is 6.18. The van der Waals surface area contributed by atoms with Crippen LogP contribution in [0.3, 0.4) is 0 Å². The highest BCUT2D eigenvalue weighted by Gasteiger charge is 2.04. The minimum absolute atomic E-state index is 0.624. The maximum atomic E-state index is 5.72. The van der Waals surface area contributed by atoms with E-state index in [-0.39, 0.29) is 0 Å². The molecule has 0 aromatic heterocycles. The fraction of sp³-hybridized carbons (Fsp3) is 0.455. The molecular formula is C11H16Cl2N2. The second-order valence-electron chi connectivity index (χ2n) is 3.40. The number of rotatable bonds is 6. The molecule has 0 aliphatic rings. The van der Waals surface area contributed by atoms with Crippen molar-refractivity contribution in [2.45, 2.75) is 6.54 Å². The Hall–Kier alpha value is -0.440. The smallest absolute Gasteiger partial charge is 0.0351 e. The highest BCUT2D eigenvalue weighted by Crippen LogP contribution is 2.09. The first kappa shape index (κ1) is 12.6. The van der Waals surface area contributed by atoms with Gasteiger partial charge >= 0.3 is 0 Å². The zero-order chi connectivity index (χ0) is 11.1. The molecule has 0 fully saturated rings. The van der Waals surface area contributed by atoms with Crippen molar-refractivity contribution in [2.75, 3.05) is 30.6 Å². The van der Waals surface area contributed by atoms with E-state index in [1.54, 1.807) is 0 Å². The first-order valence-electron chi connectivity index (χ1n) is 4.95. The summed E-state index contributed by atoms with van der Waals surface area (Å²) >= 11 is 11.4. The van der Waals surface area contributed by atoms with Crippen LogP contribution < -0.4 is 5.73 Å². The number of nitrogen functional groups attached to an aromatic ring is 1. The van der Waals surface area contributed by atoms with Crippen LogP contribution in [0.25, 0.3) is 0 Å². The number of nitrogens with zero attached hydrogens (tertiary/aromatic N) is 1. The summed E-state index contributed by atoms with van der Waals surface area (Å²) in [6.07, 6.45) is 0. The second kappa shape index (κ2) is 6.94. The molecule has 0 saturated carbocycles. The molecular weight excluding hydrogens is 231 g/mol. The summed E-state index contributed by atoms with van der Waals surface area (Å²) in [5.41, 5.74) is 7.71. The van der Waals surface area contributed by atoms with E-state index in [2.05, 4.69) is 11.0 Å². The molecule has 0 aliphatic carbocycles. The molecule has 15 heavy (non-hydrogen) atoms. The van der Waals surface area contributed by atoms with E-state index in [9.17, 15) is 0 Å². The third-order valence-electron chi connectivity index (χ3n) is 2.16. The lowest BCUT2D eigenvalue weighted by Crippen LogP contribution is -2.27. The van der Waals surface area contributed by atoms with Gasteiger partial charge in [0.1, 0.15) is 0 Å². The summed E-state index contributed by atoms with van der Waals surface area (Å²) in [5, 5.41) is 0. The minimum atomic E-state index is 0.624. The van der Waals surface area contributed by atoms with Crippen LogP contribution in [0.4, 0.5) is 5.69 Å². The van der Waals surface area contributed by atoms with Crippen LogP contribution in [0.15, 0.2) is 24.3 Å². The van der Waals surface area contributed by atoms with Crippen LogP contribution in [0.2, 0.25) is 0 Å². The highest BCUT2D eigenvalue weighted by atomic mass is 35.5. The van der Waals surface area contributed by atoms with Crippen LogP contribution in [0.1, 0.15) is 5.56 Å². The average molecular weight is 247 g/mol. The molecule has 4 heteroatoms. The number of halogens is 2. The minimum Gasteiger partial charge on any atom is -0.399 e. The number of hydrogen-bond acceptors (Lipinski definition) is 2. The van der Waals surface area contributed by atoms with Gasteiger partial charge in [0.05, 0.1) is 0 Å². The Bertz CT molecular complexity index is 286. The Morgan fingerprint density at radius 3 is 2.33 bits per heavy atom. The molecule has 0 atom stereocenters. The first-order valence-corrected chi connectivity index (χ1v) is 6.02. The zero-order valence-electron chi connectivity index (χ0n) is 8.63. The normalized spacial score (nSPS) is 10.9. The standard InChI is InChI=1S/C11H16Cl2N2/c12-4-6-15(7-5-13)9-10-2-1-3-11(14)8-10/h1-3,8H,4-7,9,14H2. The van der Waals surface area contributed by atoms with E-state index in [0.29, 0.717) is 11.8 Å². The van der Waals surface area contributed by atoms with E-state index in [4.69, 9.17) is 28.9 Å². The number of nitrogens with two attached hydrogens (primary N) is 1. The Kier molecular flexibility index (Phi) is 5.84. The maximum absolute atomic E-state index is 5.72. The second-order valence-corrected chi connectivity index (χ2v) is 4.16. The molecule has 0 heterocycles. The summed E-state index contributed by atoms with van der Waals surface area (Å²) in [6.45, 7) is 2.55. The zero-order valence-corrected chi connectivity index (χ0v) is 10.1. The van der Waals surface area contributed by atoms with Crippen molar-refractivity contribution < 1.29 is 0 Å². The van der Waals surface area contributed by atoms with E-state index in [1.807, 2.05) is 18.2 Å². The van der Waals surface area contributed by atoms with Gasteiger partial charge in [0, 0.05) is 37.1 Å². The monoisotopic (exact) mass is 246 g/mol. The summed E-state index contributed by atoms with van der Waals surface area (Å²) in [4.78, 5) is 2.22. The molecule has 1 rings (SSSR count). The van der Waals surface area contributed by atoms with Crippen molar-refractivity contribution in [1.82, 2.24) is 4.90 Å². The van der Waals surface area contributed by atoms with Gasteiger partial charge in [-0.3, -0.25) is 4.90 Å². The quantitative estimate of drug-likeness (QED) is 0.618. The van der Waals surface area contributed by atoms with Gasteiger partial charge in [-0.25, -0.2) is 0 Å². The van der Waals surface area contributed by atoms with E-state index >= 15 is 0 Å². The molecule has 0 spiro atoms. The molecule has 1 aromatic rings. The number of hydrogen-bond donors (Lipinski definition) is 1. The molecule has 0 saturated heterocycles. The van der Waals surface area contributed by atoms with Gasteiger partial charge in [0.2, 0.25) is 0 Å². The largest absolute Gasteiger partial charge is 0.399 e. The summed E-state index contributed by atoms with van der Waals surface area (Å²) in [6, 6.07) is 7.89. The molecule has 2 nitrogen and oxygen atoms in total. The molecule has 0 unspecified atom stereocenters. The van der Waals surface area contributed by atoms with Gasteiger partial charge in [-0.2, -0.15) is 0 Å². The maximum Gasteiger partial charge on any atom is 0.0351 e. The van der Waals surface area contributed by atoms with Crippen molar-refractivity contribution in [2.24, 2.45) is 0 Å². The van der Waals surface area contributed by atoms with Gasteiger partial charge in [-0.15, -0.1) is 23.2 Å². The molecule has 0 aliphatic heterocycles. The van der Waals surface area contributed by atoms with Crippen molar-refractivity contribution in [3.63, 3.8) is 0 Å². The Morgan fingerprint density at radius 1 is 1.13 bits per heavy atom. The Labute approximate surface area is 101 Å². The first-order chi connectivity index (χ1) is 7.26. The van der Waals surface area contributed by atoms with Gasteiger partial charge in [-0.05, 0) is 17.7 Å². The summed E-state index contributed by atoms with van der Waals surface area (Å²) in [5.74, 6) is 1.25. The van der Waals surface area contributed by atoms with Crippen molar-refractivity contribution >= 4 is 28.9 Å². The number of benzene rings is 1. The van der Waals surface area contributed by atoms with E-state index in [1.165, 1.54) is 5.56 Å². The fourth-order valence-corrected chi connectivity index (χ4v) is 1.94. The molecule has 0 bridgehead atoms. The van der Waals surface area contributed by atoms with Crippen molar-refractivity contribution in [1.29, 1.82) is 0 Å². The summed E-state index contributed by atoms with van der Waals surface area (Å²) < 4.78 is 0. The lowest BCUT2D eigenvalue weighted by atomic mass is 10.2. The predicted molar refractivity (Wildman–Crippen MR) is 67.6 cm³/mol. The lowest BCUT2D eigenvalue weighted by Gasteiger charge is -2.20. The molecule has 1 aromatic carbocycles. The fourth-order valence-electron chi connectivity index (χ4n) is 1.46. The number of anilines is 1. The van der Waals surface area contributed by atoms with Crippen LogP contribution in [0.5, 0.6) is 0 Å². The lowest BCUT2D eigenvalue weighted by molar-refractivity contribution is 0.299. The Balaban J connectivity index is 2.56. The predicted octanol–water partition coefficient (Wildman–Crippen LogP) is 2.55. The number of alkyl halides is 2. The third-order valence-corrected chi connectivity index (χ3v) is 2.50. The molecule has 2 N–H and O–H groups in total. The SMILES string of the molecule is Nc1cccc(CN(CCCl)CCCl)c1. The van der Waals surface area contributed by atoms with Gasteiger partial charge in [0.15, 0.2) is 0 Å². The molecule has 0 amide bonds. The van der Waals surface area contributed by atoms with Crippen LogP contribution >= 0.6 is 23.2 Å².